The molecule has 3 rings (SSSR count). The van der Waals surface area contributed by atoms with Crippen LogP contribution < -0.4 is 10.6 Å². The fourth-order valence-electron chi connectivity index (χ4n) is 3.04. The third-order valence-electron chi connectivity index (χ3n) is 3.79. The van der Waals surface area contributed by atoms with Crippen LogP contribution in [0, 0.1) is 5.41 Å². The van der Waals surface area contributed by atoms with Crippen molar-refractivity contribution in [3.8, 4) is 0 Å². The van der Waals surface area contributed by atoms with Gasteiger partial charge in [0, 0.05) is 18.2 Å². The van der Waals surface area contributed by atoms with E-state index in [2.05, 4.69) is 10.6 Å². The number of carbonyl (C=O) groups is 3. The minimum Gasteiger partial charge on any atom is -0.503 e. The Bertz CT molecular complexity index is 600. The zero-order chi connectivity index (χ0) is 14.0. The number of rotatable bonds is 0. The molecule has 0 bridgehead atoms. The van der Waals surface area contributed by atoms with Crippen molar-refractivity contribution in [3.05, 3.63) is 23.1 Å². The molecule has 1 aliphatic carbocycles. The van der Waals surface area contributed by atoms with E-state index in [-0.39, 0.29) is 16.8 Å². The number of Topliss-reactive ketones (excluding diaryl/α,β-unsaturated/α-hetero) is 1. The molecule has 0 saturated carbocycles. The Hall–Kier alpha value is -2.11. The van der Waals surface area contributed by atoms with Gasteiger partial charge in [0.25, 0.3) is 11.8 Å². The number of aliphatic hydroxyl groups excluding tert-OH is 1. The van der Waals surface area contributed by atoms with Crippen molar-refractivity contribution in [2.24, 2.45) is 5.41 Å². The van der Waals surface area contributed by atoms with Gasteiger partial charge < -0.3 is 15.7 Å². The molecule has 3 aliphatic rings. The van der Waals surface area contributed by atoms with Gasteiger partial charge in [-0.3, -0.25) is 14.4 Å². The van der Waals surface area contributed by atoms with Crippen LogP contribution in [0.4, 0.5) is 0 Å². The fraction of sp³-hybridized carbons (Fsp3) is 0.462. The molecule has 0 aromatic heterocycles. The first kappa shape index (κ1) is 12.0. The Morgan fingerprint density at radius 3 is 2.47 bits per heavy atom. The lowest BCUT2D eigenvalue weighted by molar-refractivity contribution is -0.128. The molecule has 3 N–H and O–H groups in total. The number of amides is 2. The Kier molecular flexibility index (Phi) is 2.05. The predicted molar refractivity (Wildman–Crippen MR) is 64.8 cm³/mol. The smallest absolute Gasteiger partial charge is 0.287 e. The normalized spacial score (nSPS) is 32.3. The summed E-state index contributed by atoms with van der Waals surface area (Å²) in [5, 5.41) is 14.5. The van der Waals surface area contributed by atoms with Gasteiger partial charge in [-0.05, 0) is 11.8 Å². The topological polar surface area (TPSA) is 95.5 Å². The molecule has 19 heavy (non-hydrogen) atoms. The first-order chi connectivity index (χ1) is 8.75. The zero-order valence-corrected chi connectivity index (χ0v) is 10.7. The van der Waals surface area contributed by atoms with Gasteiger partial charge in [-0.2, -0.15) is 0 Å². The first-order valence-corrected chi connectivity index (χ1v) is 6.08. The van der Waals surface area contributed by atoms with Gasteiger partial charge >= 0.3 is 0 Å². The number of carbonyl (C=O) groups excluding carboxylic acids is 3. The van der Waals surface area contributed by atoms with Gasteiger partial charge in [0.15, 0.2) is 17.1 Å². The van der Waals surface area contributed by atoms with Gasteiger partial charge in [-0.15, -0.1) is 0 Å². The number of ketones is 1. The molecule has 1 atom stereocenters. The summed E-state index contributed by atoms with van der Waals surface area (Å²) in [6, 6.07) is 0. The number of hydrogen-bond donors (Lipinski definition) is 3. The molecule has 100 valence electrons. The number of nitrogens with one attached hydrogen (secondary N) is 2. The van der Waals surface area contributed by atoms with Crippen LogP contribution in [0.5, 0.6) is 0 Å². The van der Waals surface area contributed by atoms with Crippen LogP contribution >= 0.6 is 0 Å². The third kappa shape index (κ3) is 1.46. The summed E-state index contributed by atoms with van der Waals surface area (Å²) in [4.78, 5) is 35.9. The van der Waals surface area contributed by atoms with E-state index in [0.29, 0.717) is 18.5 Å². The van der Waals surface area contributed by atoms with Gasteiger partial charge in [-0.1, -0.05) is 13.8 Å². The van der Waals surface area contributed by atoms with Crippen molar-refractivity contribution in [3.63, 3.8) is 0 Å². The highest BCUT2D eigenvalue weighted by Crippen LogP contribution is 2.44. The maximum absolute atomic E-state index is 12.3. The second-order valence-electron chi connectivity index (χ2n) is 6.04. The number of aliphatic hydroxyl groups is 1. The van der Waals surface area contributed by atoms with E-state index in [1.807, 2.05) is 13.8 Å². The molecule has 0 fully saturated rings. The second-order valence-corrected chi connectivity index (χ2v) is 6.04. The monoisotopic (exact) mass is 262 g/mol. The van der Waals surface area contributed by atoms with Crippen LogP contribution in [-0.2, 0) is 14.4 Å². The number of allylic oxidation sites excluding steroid dienone is 1. The summed E-state index contributed by atoms with van der Waals surface area (Å²) in [5.74, 6) is -1.92. The van der Waals surface area contributed by atoms with E-state index in [4.69, 9.17) is 0 Å². The second kappa shape index (κ2) is 3.26. The minimum absolute atomic E-state index is 0.171. The zero-order valence-electron chi connectivity index (χ0n) is 10.7. The molecule has 0 aromatic carbocycles. The summed E-state index contributed by atoms with van der Waals surface area (Å²) >= 11 is 0. The lowest BCUT2D eigenvalue weighted by Gasteiger charge is -2.31. The van der Waals surface area contributed by atoms with Gasteiger partial charge in [0.05, 0.1) is 5.57 Å². The molecule has 2 heterocycles. The molecule has 1 unspecified atom stereocenters. The maximum Gasteiger partial charge on any atom is 0.287 e. The quantitative estimate of drug-likeness (QED) is 0.575. The van der Waals surface area contributed by atoms with Crippen LogP contribution in [0.3, 0.4) is 0 Å². The number of fused-ring (bicyclic) bond motifs is 1. The Morgan fingerprint density at radius 2 is 1.89 bits per heavy atom. The molecule has 0 aromatic rings. The summed E-state index contributed by atoms with van der Waals surface area (Å²) in [5.41, 5.74) is -0.903. The number of hydrogen-bond acceptors (Lipinski definition) is 4. The molecule has 6 nitrogen and oxygen atoms in total. The molecule has 0 saturated heterocycles. The van der Waals surface area contributed by atoms with Crippen LogP contribution in [0.1, 0.15) is 26.7 Å². The summed E-state index contributed by atoms with van der Waals surface area (Å²) in [6.45, 7) is 3.90. The lowest BCUT2D eigenvalue weighted by Crippen LogP contribution is -2.52. The highest BCUT2D eigenvalue weighted by Gasteiger charge is 2.57. The molecule has 2 aliphatic heterocycles. The van der Waals surface area contributed by atoms with E-state index in [0.717, 1.165) is 6.08 Å². The summed E-state index contributed by atoms with van der Waals surface area (Å²) in [7, 11) is 0. The van der Waals surface area contributed by atoms with Crippen molar-refractivity contribution >= 4 is 17.6 Å². The Labute approximate surface area is 109 Å². The molecule has 1 spiro atoms. The SMILES string of the molecule is CC1(C)CC(=O)C2=C(C1)NC(=O)C21C=C(O)C(=O)N1. The standard InChI is InChI=1S/C13H14N2O4/c1-12(2)3-6-9(7(16)4-12)13(11(19)14-6)5-8(17)10(18)15-13/h5,17H,3-4H2,1-2H3,(H,14,19)(H,15,18). The van der Waals surface area contributed by atoms with Crippen molar-refractivity contribution in [2.75, 3.05) is 0 Å². The molecule has 0 radical (unpaired) electrons. The van der Waals surface area contributed by atoms with E-state index >= 15 is 0 Å². The molecular weight excluding hydrogens is 248 g/mol. The van der Waals surface area contributed by atoms with Gasteiger partial charge in [0.1, 0.15) is 0 Å². The van der Waals surface area contributed by atoms with E-state index in [9.17, 15) is 19.5 Å². The van der Waals surface area contributed by atoms with E-state index in [1.165, 1.54) is 0 Å². The van der Waals surface area contributed by atoms with Crippen molar-refractivity contribution < 1.29 is 19.5 Å². The fourth-order valence-corrected chi connectivity index (χ4v) is 3.04. The maximum atomic E-state index is 12.3. The third-order valence-corrected chi connectivity index (χ3v) is 3.79. The summed E-state index contributed by atoms with van der Waals surface area (Å²) in [6.07, 6.45) is 2.00. The molecule has 6 heteroatoms. The van der Waals surface area contributed by atoms with Crippen molar-refractivity contribution in [1.29, 1.82) is 0 Å². The first-order valence-electron chi connectivity index (χ1n) is 6.08. The van der Waals surface area contributed by atoms with Crippen molar-refractivity contribution in [1.82, 2.24) is 10.6 Å². The van der Waals surface area contributed by atoms with Gasteiger partial charge in [0.2, 0.25) is 0 Å². The molecular formula is C13H14N2O4. The van der Waals surface area contributed by atoms with Crippen LogP contribution in [0.2, 0.25) is 0 Å². The predicted octanol–water partition coefficient (Wildman–Crippen LogP) is 0.0699. The largest absolute Gasteiger partial charge is 0.503 e. The van der Waals surface area contributed by atoms with Crippen molar-refractivity contribution in [2.45, 2.75) is 32.2 Å². The van der Waals surface area contributed by atoms with Crippen LogP contribution in [0.25, 0.3) is 0 Å². The van der Waals surface area contributed by atoms with Crippen LogP contribution in [-0.4, -0.2) is 28.2 Å². The molecule has 2 amide bonds. The highest BCUT2D eigenvalue weighted by molar-refractivity contribution is 6.17. The van der Waals surface area contributed by atoms with Gasteiger partial charge in [-0.25, -0.2) is 0 Å². The lowest BCUT2D eigenvalue weighted by atomic mass is 9.73. The van der Waals surface area contributed by atoms with E-state index < -0.39 is 23.1 Å². The Balaban J connectivity index is 2.14. The van der Waals surface area contributed by atoms with Crippen LogP contribution in [0.15, 0.2) is 23.1 Å². The Morgan fingerprint density at radius 1 is 1.21 bits per heavy atom. The average molecular weight is 262 g/mol. The highest BCUT2D eigenvalue weighted by atomic mass is 16.3. The van der Waals surface area contributed by atoms with E-state index in [1.54, 1.807) is 0 Å². The minimum atomic E-state index is -1.51. The average Bonchev–Trinajstić information content (AvgIpc) is 2.65. The summed E-state index contributed by atoms with van der Waals surface area (Å²) < 4.78 is 0.